The number of esters is 1. The van der Waals surface area contributed by atoms with Crippen LogP contribution in [0.15, 0.2) is 23.1 Å². The van der Waals surface area contributed by atoms with E-state index in [4.69, 9.17) is 21.5 Å². The fourth-order valence-electron chi connectivity index (χ4n) is 2.64. The number of urea groups is 1. The Bertz CT molecular complexity index is 852. The lowest BCUT2D eigenvalue weighted by atomic mass is 10.2. The Hall–Kier alpha value is -2.17. The first-order chi connectivity index (χ1) is 12.6. The quantitative estimate of drug-likeness (QED) is 0.615. The molecule has 4 N–H and O–H groups in total. The van der Waals surface area contributed by atoms with Crippen molar-refractivity contribution in [2.45, 2.75) is 49.6 Å². The topological polar surface area (TPSA) is 145 Å². The average molecular weight is 418 g/mol. The standard InChI is InChI=1S/C16H20ClN3O6S/c1-9(14(21)20-16(23)19-11-4-2-3-5-11)26-15(22)10-6-7-12(17)13(8-10)27(18,24)25/h6-9,11H,2-5H2,1H3,(H2,18,24,25)(H2,19,20,21,23). The molecule has 27 heavy (non-hydrogen) atoms. The number of imide groups is 1. The molecule has 0 saturated heterocycles. The van der Waals surface area contributed by atoms with Crippen molar-refractivity contribution >= 4 is 39.5 Å². The van der Waals surface area contributed by atoms with Crippen LogP contribution in [0.1, 0.15) is 43.0 Å². The number of benzene rings is 1. The molecule has 1 unspecified atom stereocenters. The van der Waals surface area contributed by atoms with Crippen molar-refractivity contribution in [2.24, 2.45) is 5.14 Å². The largest absolute Gasteiger partial charge is 0.449 e. The molecule has 148 valence electrons. The van der Waals surface area contributed by atoms with Crippen molar-refractivity contribution in [1.82, 2.24) is 10.6 Å². The molecule has 1 atom stereocenters. The molecule has 11 heteroatoms. The predicted molar refractivity (Wildman–Crippen MR) is 96.6 cm³/mol. The van der Waals surface area contributed by atoms with E-state index >= 15 is 0 Å². The number of carbonyl (C=O) groups excluding carboxylic acids is 3. The number of rotatable bonds is 5. The smallest absolute Gasteiger partial charge is 0.338 e. The normalized spacial score (nSPS) is 15.8. The Morgan fingerprint density at radius 3 is 2.48 bits per heavy atom. The van der Waals surface area contributed by atoms with Crippen molar-refractivity contribution < 1.29 is 27.5 Å². The predicted octanol–water partition coefficient (Wildman–Crippen LogP) is 1.30. The summed E-state index contributed by atoms with van der Waals surface area (Å²) in [6.45, 7) is 1.28. The summed E-state index contributed by atoms with van der Waals surface area (Å²) in [5.74, 6) is -1.77. The summed E-state index contributed by atoms with van der Waals surface area (Å²) >= 11 is 5.75. The number of hydrogen-bond donors (Lipinski definition) is 3. The summed E-state index contributed by atoms with van der Waals surface area (Å²) in [5, 5.41) is 9.65. The van der Waals surface area contributed by atoms with Gasteiger partial charge in [0.25, 0.3) is 5.91 Å². The van der Waals surface area contributed by atoms with Gasteiger partial charge in [0, 0.05) is 6.04 Å². The van der Waals surface area contributed by atoms with E-state index in [-0.39, 0.29) is 16.6 Å². The molecule has 1 saturated carbocycles. The van der Waals surface area contributed by atoms with Gasteiger partial charge in [0.2, 0.25) is 10.0 Å². The number of nitrogens with two attached hydrogens (primary N) is 1. The van der Waals surface area contributed by atoms with Gasteiger partial charge >= 0.3 is 12.0 Å². The second-order valence-corrected chi connectivity index (χ2v) is 8.12. The van der Waals surface area contributed by atoms with Crippen LogP contribution in [0, 0.1) is 0 Å². The molecular formula is C16H20ClN3O6S. The van der Waals surface area contributed by atoms with Crippen LogP contribution < -0.4 is 15.8 Å². The van der Waals surface area contributed by atoms with E-state index < -0.39 is 38.9 Å². The van der Waals surface area contributed by atoms with E-state index in [9.17, 15) is 22.8 Å². The highest BCUT2D eigenvalue weighted by Crippen LogP contribution is 2.22. The van der Waals surface area contributed by atoms with Gasteiger partial charge in [0.1, 0.15) is 4.90 Å². The first-order valence-electron chi connectivity index (χ1n) is 8.22. The molecule has 0 radical (unpaired) electrons. The van der Waals surface area contributed by atoms with Crippen LogP contribution in [-0.2, 0) is 19.6 Å². The van der Waals surface area contributed by atoms with Crippen molar-refractivity contribution in [3.63, 3.8) is 0 Å². The van der Waals surface area contributed by atoms with Gasteiger partial charge in [0.15, 0.2) is 6.10 Å². The minimum absolute atomic E-state index is 0.0290. The highest BCUT2D eigenvalue weighted by Gasteiger charge is 2.24. The lowest BCUT2D eigenvalue weighted by Gasteiger charge is -2.15. The van der Waals surface area contributed by atoms with Crippen molar-refractivity contribution in [3.8, 4) is 0 Å². The maximum absolute atomic E-state index is 12.1. The number of hydrogen-bond acceptors (Lipinski definition) is 6. The molecule has 2 rings (SSSR count). The van der Waals surface area contributed by atoms with Crippen LogP contribution in [0.5, 0.6) is 0 Å². The van der Waals surface area contributed by atoms with Gasteiger partial charge in [-0.2, -0.15) is 0 Å². The number of amides is 3. The molecule has 0 aromatic heterocycles. The summed E-state index contributed by atoms with van der Waals surface area (Å²) in [5.41, 5.74) is -0.154. The minimum Gasteiger partial charge on any atom is -0.449 e. The van der Waals surface area contributed by atoms with Crippen molar-refractivity contribution in [3.05, 3.63) is 28.8 Å². The fraction of sp³-hybridized carbons (Fsp3) is 0.438. The van der Waals surface area contributed by atoms with E-state index in [0.717, 1.165) is 31.7 Å². The van der Waals surface area contributed by atoms with Gasteiger partial charge in [-0.15, -0.1) is 0 Å². The van der Waals surface area contributed by atoms with Crippen LogP contribution in [0.25, 0.3) is 0 Å². The first-order valence-corrected chi connectivity index (χ1v) is 10.1. The van der Waals surface area contributed by atoms with E-state index in [0.29, 0.717) is 0 Å². The Labute approximate surface area is 161 Å². The number of nitrogens with one attached hydrogen (secondary N) is 2. The second-order valence-electron chi connectivity index (χ2n) is 6.18. The van der Waals surface area contributed by atoms with Crippen LogP contribution >= 0.6 is 11.6 Å². The maximum Gasteiger partial charge on any atom is 0.338 e. The van der Waals surface area contributed by atoms with Gasteiger partial charge in [-0.1, -0.05) is 24.4 Å². The van der Waals surface area contributed by atoms with Gasteiger partial charge in [-0.25, -0.2) is 23.1 Å². The van der Waals surface area contributed by atoms with Gasteiger partial charge in [-0.3, -0.25) is 10.1 Å². The monoisotopic (exact) mass is 417 g/mol. The first kappa shape index (κ1) is 21.1. The molecular weight excluding hydrogens is 398 g/mol. The third-order valence-electron chi connectivity index (χ3n) is 4.05. The molecule has 1 aromatic carbocycles. The van der Waals surface area contributed by atoms with Crippen LogP contribution in [-0.4, -0.2) is 38.5 Å². The third kappa shape index (κ3) is 5.91. The lowest BCUT2D eigenvalue weighted by Crippen LogP contribution is -2.47. The number of halogens is 1. The van der Waals surface area contributed by atoms with Gasteiger partial charge in [0.05, 0.1) is 10.6 Å². The second kappa shape index (κ2) is 8.68. The lowest BCUT2D eigenvalue weighted by molar-refractivity contribution is -0.127. The van der Waals surface area contributed by atoms with Crippen LogP contribution in [0.3, 0.4) is 0 Å². The van der Waals surface area contributed by atoms with Crippen LogP contribution in [0.4, 0.5) is 4.79 Å². The molecule has 3 amide bonds. The van der Waals surface area contributed by atoms with Crippen LogP contribution in [0.2, 0.25) is 5.02 Å². The van der Waals surface area contributed by atoms with Gasteiger partial charge < -0.3 is 10.1 Å². The molecule has 9 nitrogen and oxygen atoms in total. The molecule has 0 aliphatic heterocycles. The molecule has 1 aliphatic rings. The molecule has 0 heterocycles. The number of ether oxygens (including phenoxy) is 1. The molecule has 0 spiro atoms. The zero-order chi connectivity index (χ0) is 20.2. The third-order valence-corrected chi connectivity index (χ3v) is 5.45. The Morgan fingerprint density at radius 2 is 1.89 bits per heavy atom. The van der Waals surface area contributed by atoms with Crippen molar-refractivity contribution in [1.29, 1.82) is 0 Å². The Morgan fingerprint density at radius 1 is 1.26 bits per heavy atom. The summed E-state index contributed by atoms with van der Waals surface area (Å²) < 4.78 is 27.9. The maximum atomic E-state index is 12.1. The highest BCUT2D eigenvalue weighted by molar-refractivity contribution is 7.89. The van der Waals surface area contributed by atoms with E-state index in [1.807, 2.05) is 0 Å². The van der Waals surface area contributed by atoms with E-state index in [1.54, 1.807) is 0 Å². The minimum atomic E-state index is -4.13. The zero-order valence-electron chi connectivity index (χ0n) is 14.5. The molecule has 0 bridgehead atoms. The summed E-state index contributed by atoms with van der Waals surface area (Å²) in [7, 11) is -4.13. The molecule has 1 fully saturated rings. The average Bonchev–Trinajstić information content (AvgIpc) is 3.06. The highest BCUT2D eigenvalue weighted by atomic mass is 35.5. The number of primary sulfonamides is 1. The Balaban J connectivity index is 1.96. The van der Waals surface area contributed by atoms with Gasteiger partial charge in [-0.05, 0) is 38.0 Å². The summed E-state index contributed by atoms with van der Waals surface area (Å²) in [6.07, 6.45) is 2.48. The summed E-state index contributed by atoms with van der Waals surface area (Å²) in [6, 6.07) is 2.74. The SMILES string of the molecule is CC(OC(=O)c1ccc(Cl)c(S(N)(=O)=O)c1)C(=O)NC(=O)NC1CCCC1. The number of sulfonamides is 1. The summed E-state index contributed by atoms with van der Waals surface area (Å²) in [4.78, 5) is 35.5. The number of carbonyl (C=O) groups is 3. The zero-order valence-corrected chi connectivity index (χ0v) is 16.1. The fourth-order valence-corrected chi connectivity index (χ4v) is 3.71. The molecule has 1 aromatic rings. The molecule has 1 aliphatic carbocycles. The van der Waals surface area contributed by atoms with Crippen molar-refractivity contribution in [2.75, 3.05) is 0 Å². The van der Waals surface area contributed by atoms with E-state index in [1.165, 1.54) is 19.1 Å². The van der Waals surface area contributed by atoms with E-state index in [2.05, 4.69) is 10.6 Å². The Kier molecular flexibility index (Phi) is 6.79.